The number of anilines is 2. The lowest BCUT2D eigenvalue weighted by molar-refractivity contribution is -0.384. The van der Waals surface area contributed by atoms with Crippen molar-refractivity contribution in [3.8, 4) is 11.5 Å². The number of alkyl halides is 3. The quantitative estimate of drug-likeness (QED) is 0.0679. The monoisotopic (exact) mass is 988 g/mol. The van der Waals surface area contributed by atoms with Crippen molar-refractivity contribution < 1.29 is 50.3 Å². The van der Waals surface area contributed by atoms with Gasteiger partial charge in [0, 0.05) is 88.9 Å². The zero-order chi connectivity index (χ0) is 50.0. The summed E-state index contributed by atoms with van der Waals surface area (Å²) in [5.74, 6) is -0.952. The number of fused-ring (bicyclic) bond motifs is 1. The molecule has 17 nitrogen and oxygen atoms in total. The van der Waals surface area contributed by atoms with Crippen LogP contribution in [0, 0.1) is 22.5 Å². The van der Waals surface area contributed by atoms with E-state index in [2.05, 4.69) is 43.7 Å². The van der Waals surface area contributed by atoms with Crippen LogP contribution in [0.15, 0.2) is 89.6 Å². The zero-order valence-corrected chi connectivity index (χ0v) is 40.0. The molecule has 3 aromatic carbocycles. The highest BCUT2D eigenvalue weighted by Crippen LogP contribution is 2.45. The van der Waals surface area contributed by atoms with Crippen LogP contribution in [0.5, 0.6) is 11.5 Å². The van der Waals surface area contributed by atoms with Crippen LogP contribution in [0.1, 0.15) is 60.2 Å². The van der Waals surface area contributed by atoms with Gasteiger partial charge in [-0.15, -0.1) is 0 Å². The van der Waals surface area contributed by atoms with Crippen LogP contribution in [-0.2, 0) is 30.5 Å². The minimum absolute atomic E-state index is 0.00230. The molecule has 70 heavy (non-hydrogen) atoms. The van der Waals surface area contributed by atoms with Gasteiger partial charge in [0.25, 0.3) is 21.6 Å². The van der Waals surface area contributed by atoms with Gasteiger partial charge in [0.15, 0.2) is 0 Å². The standard InChI is InChI=1S/C49H55F3N8O9S/c1-31-21-34(49(50,51)52)5-8-39(31)41-25-48(2,3)13-11-33(41)28-57-15-17-58(18-16-57)35-6-9-40(44(23-35)69-36-22-32-12-14-53-46(32)55-26-36)47(62)56-70(65,66)38-7-10-42(43(24-38)60(63)64)54-27-37-29-59(19-20-68-37)45(61)30-67-4/h5-10,12,14,21-24,26,37,54H,11,13,15-20,25,27-30H2,1-4H3,(H,53,55)(H,56,62)/t37-/m1/s1. The van der Waals surface area contributed by atoms with E-state index in [1.165, 1.54) is 43.1 Å². The van der Waals surface area contributed by atoms with Gasteiger partial charge in [0.2, 0.25) is 5.91 Å². The van der Waals surface area contributed by atoms with Crippen molar-refractivity contribution in [3.05, 3.63) is 117 Å². The number of hydrogen-bond donors (Lipinski definition) is 3. The van der Waals surface area contributed by atoms with Gasteiger partial charge in [-0.25, -0.2) is 18.1 Å². The van der Waals surface area contributed by atoms with Gasteiger partial charge in [0.1, 0.15) is 29.4 Å². The molecule has 5 aromatic rings. The number of piperazine rings is 1. The van der Waals surface area contributed by atoms with Crippen molar-refractivity contribution >= 4 is 55.5 Å². The molecule has 0 bridgehead atoms. The summed E-state index contributed by atoms with van der Waals surface area (Å²) in [4.78, 5) is 50.7. The van der Waals surface area contributed by atoms with Gasteiger partial charge >= 0.3 is 6.18 Å². The van der Waals surface area contributed by atoms with Gasteiger partial charge < -0.3 is 34.3 Å². The normalized spacial score (nSPS) is 18.0. The molecular weight excluding hydrogens is 934 g/mol. The van der Waals surface area contributed by atoms with E-state index in [9.17, 15) is 41.3 Å². The van der Waals surface area contributed by atoms with Crippen molar-refractivity contribution in [2.75, 3.05) is 82.9 Å². The fourth-order valence-electron chi connectivity index (χ4n) is 9.21. The Hall–Kier alpha value is -6.55. The topological polar surface area (TPSA) is 202 Å². The zero-order valence-electron chi connectivity index (χ0n) is 39.2. The summed E-state index contributed by atoms with van der Waals surface area (Å²) in [6.07, 6.45) is 0.805. The number of hydrogen-bond acceptors (Lipinski definition) is 13. The Morgan fingerprint density at radius 3 is 2.54 bits per heavy atom. The number of carbonyl (C=O) groups excluding carboxylic acids is 2. The van der Waals surface area contributed by atoms with Crippen molar-refractivity contribution in [1.29, 1.82) is 0 Å². The van der Waals surface area contributed by atoms with Gasteiger partial charge in [-0.3, -0.25) is 24.6 Å². The van der Waals surface area contributed by atoms with Gasteiger partial charge in [-0.05, 0) is 96.8 Å². The highest BCUT2D eigenvalue weighted by atomic mass is 32.2. The predicted octanol–water partition coefficient (Wildman–Crippen LogP) is 7.78. The molecule has 0 unspecified atom stereocenters. The molecule has 21 heteroatoms. The Labute approximate surface area is 403 Å². The number of amides is 2. The number of nitrogens with one attached hydrogen (secondary N) is 3. The molecule has 0 radical (unpaired) electrons. The molecule has 0 saturated carbocycles. The number of pyridine rings is 1. The third-order valence-corrected chi connectivity index (χ3v) is 14.3. The van der Waals surface area contributed by atoms with E-state index < -0.39 is 49.3 Å². The highest BCUT2D eigenvalue weighted by Gasteiger charge is 2.34. The Bertz CT molecular complexity index is 2930. The lowest BCUT2D eigenvalue weighted by Gasteiger charge is -2.39. The number of aromatic nitrogens is 2. The number of benzene rings is 3. The second-order valence-electron chi connectivity index (χ2n) is 18.6. The minimum Gasteiger partial charge on any atom is -0.455 e. The molecular formula is C49H55F3N8O9S. The molecule has 1 atom stereocenters. The van der Waals surface area contributed by atoms with E-state index >= 15 is 0 Å². The van der Waals surface area contributed by atoms with Crippen LogP contribution in [0.2, 0.25) is 0 Å². The molecule has 3 N–H and O–H groups in total. The maximum absolute atomic E-state index is 14.0. The van der Waals surface area contributed by atoms with Crippen LogP contribution in [-0.4, -0.2) is 124 Å². The Morgan fingerprint density at radius 1 is 1.03 bits per heavy atom. The predicted molar refractivity (Wildman–Crippen MR) is 256 cm³/mol. The van der Waals surface area contributed by atoms with Crippen LogP contribution in [0.25, 0.3) is 16.6 Å². The molecule has 1 aliphatic carbocycles. The summed E-state index contributed by atoms with van der Waals surface area (Å²) in [6.45, 7) is 10.1. The second kappa shape index (κ2) is 20.4. The van der Waals surface area contributed by atoms with Crippen molar-refractivity contribution in [3.63, 3.8) is 0 Å². The smallest absolute Gasteiger partial charge is 0.416 e. The molecule has 2 aromatic heterocycles. The highest BCUT2D eigenvalue weighted by molar-refractivity contribution is 7.90. The summed E-state index contributed by atoms with van der Waals surface area (Å²) in [6, 6.07) is 15.6. The lowest BCUT2D eigenvalue weighted by Crippen LogP contribution is -2.48. The van der Waals surface area contributed by atoms with E-state index in [1.54, 1.807) is 48.4 Å². The Morgan fingerprint density at radius 2 is 1.81 bits per heavy atom. The number of halogens is 3. The van der Waals surface area contributed by atoms with Gasteiger partial charge in [-0.1, -0.05) is 25.5 Å². The van der Waals surface area contributed by atoms with Crippen molar-refractivity contribution in [2.24, 2.45) is 5.41 Å². The molecule has 8 rings (SSSR count). The first-order valence-corrected chi connectivity index (χ1v) is 24.3. The lowest BCUT2D eigenvalue weighted by atomic mass is 9.72. The van der Waals surface area contributed by atoms with E-state index in [0.29, 0.717) is 56.2 Å². The fourth-order valence-corrected chi connectivity index (χ4v) is 10.2. The molecule has 2 fully saturated rings. The van der Waals surface area contributed by atoms with Crippen molar-refractivity contribution in [1.82, 2.24) is 24.5 Å². The Balaban J connectivity index is 0.988. The third-order valence-electron chi connectivity index (χ3n) is 13.0. The molecule has 4 heterocycles. The first-order valence-electron chi connectivity index (χ1n) is 22.9. The summed E-state index contributed by atoms with van der Waals surface area (Å²) in [5, 5.41) is 15.9. The molecule has 372 valence electrons. The summed E-state index contributed by atoms with van der Waals surface area (Å²) < 4.78 is 87.3. The van der Waals surface area contributed by atoms with E-state index in [1.807, 2.05) is 0 Å². The van der Waals surface area contributed by atoms with Crippen LogP contribution < -0.4 is 19.7 Å². The molecule has 2 amide bonds. The number of ether oxygens (including phenoxy) is 3. The maximum Gasteiger partial charge on any atom is 0.416 e. The molecule has 0 spiro atoms. The molecule has 2 aliphatic heterocycles. The molecule has 2 saturated heterocycles. The van der Waals surface area contributed by atoms with Crippen molar-refractivity contribution in [2.45, 2.75) is 57.2 Å². The number of sulfonamides is 1. The first-order chi connectivity index (χ1) is 33.3. The number of nitro groups is 1. The number of carbonyl (C=O) groups is 2. The second-order valence-corrected chi connectivity index (χ2v) is 20.3. The van der Waals surface area contributed by atoms with Crippen LogP contribution >= 0.6 is 0 Å². The number of nitrogens with zero attached hydrogens (tertiary/aromatic N) is 5. The first kappa shape index (κ1) is 49.9. The van der Waals surface area contributed by atoms with E-state index in [-0.39, 0.29) is 60.4 Å². The third kappa shape index (κ3) is 11.5. The average Bonchev–Trinajstić information content (AvgIpc) is 3.79. The number of rotatable bonds is 15. The van der Waals surface area contributed by atoms with Crippen LogP contribution in [0.4, 0.5) is 30.2 Å². The summed E-state index contributed by atoms with van der Waals surface area (Å²) in [7, 11) is -3.27. The number of methoxy groups -OCH3 is 1. The number of nitro benzene ring substituents is 1. The average molecular weight is 989 g/mol. The maximum atomic E-state index is 14.0. The van der Waals surface area contributed by atoms with Crippen LogP contribution in [0.3, 0.4) is 0 Å². The van der Waals surface area contributed by atoms with Gasteiger partial charge in [0.05, 0.1) is 39.9 Å². The van der Waals surface area contributed by atoms with E-state index in [0.717, 1.165) is 47.9 Å². The SMILES string of the molecule is COCC(=O)N1CCO[C@H](CNc2ccc(S(=O)(=O)NC(=O)c3ccc(N4CCN(CC5=C(c6ccc(C(F)(F)F)cc6C)CC(C)(C)CC5)CC4)cc3Oc3cnc4[nH]ccc4c3)cc2[N+](=O)[O-])C1. The minimum atomic E-state index is -4.69. The number of H-pyrrole nitrogens is 1. The summed E-state index contributed by atoms with van der Waals surface area (Å²) >= 11 is 0. The number of morpholine rings is 1. The van der Waals surface area contributed by atoms with Gasteiger partial charge in [-0.2, -0.15) is 13.2 Å². The number of aryl methyl sites for hydroxylation is 1. The van der Waals surface area contributed by atoms with E-state index in [4.69, 9.17) is 14.2 Å². The Kier molecular flexibility index (Phi) is 14.5. The number of allylic oxidation sites excluding steroid dienone is 1. The fraction of sp³-hybridized carbons (Fsp3) is 0.408. The molecule has 3 aliphatic rings. The summed E-state index contributed by atoms with van der Waals surface area (Å²) in [5.41, 5.74) is 3.75. The largest absolute Gasteiger partial charge is 0.455 e. The number of aromatic amines is 1.